The van der Waals surface area contributed by atoms with Gasteiger partial charge in [0.2, 0.25) is 5.91 Å². The van der Waals surface area contributed by atoms with E-state index in [9.17, 15) is 9.59 Å². The Kier molecular flexibility index (Phi) is 6.79. The van der Waals surface area contributed by atoms with Crippen molar-refractivity contribution in [2.45, 2.75) is 33.1 Å². The minimum atomic E-state index is -0.507. The van der Waals surface area contributed by atoms with Crippen LogP contribution in [0.25, 0.3) is 0 Å². The maximum Gasteiger partial charge on any atom is 0.253 e. The van der Waals surface area contributed by atoms with E-state index in [4.69, 9.17) is 0 Å². The molecule has 1 aromatic rings. The summed E-state index contributed by atoms with van der Waals surface area (Å²) < 4.78 is 0. The maximum atomic E-state index is 12.6. The van der Waals surface area contributed by atoms with Gasteiger partial charge in [-0.25, -0.2) is 0 Å². The Morgan fingerprint density at radius 3 is 2.62 bits per heavy atom. The van der Waals surface area contributed by atoms with E-state index in [1.165, 1.54) is 0 Å². The van der Waals surface area contributed by atoms with Crippen LogP contribution in [0.5, 0.6) is 0 Å². The molecule has 1 unspecified atom stereocenters. The van der Waals surface area contributed by atoms with Gasteiger partial charge in [0.1, 0.15) is 0 Å². The molecule has 0 radical (unpaired) electrons. The molecule has 2 amide bonds. The number of piperidine rings is 1. The average molecular weight is 331 g/mol. The van der Waals surface area contributed by atoms with Crippen molar-refractivity contribution in [3.63, 3.8) is 0 Å². The van der Waals surface area contributed by atoms with Crippen LogP contribution in [0.3, 0.4) is 0 Å². The Morgan fingerprint density at radius 1 is 1.17 bits per heavy atom. The highest BCUT2D eigenvalue weighted by atomic mass is 16.2. The highest BCUT2D eigenvalue weighted by Crippen LogP contribution is 2.30. The largest absolute Gasteiger partial charge is 0.354 e. The third kappa shape index (κ3) is 4.81. The van der Waals surface area contributed by atoms with Gasteiger partial charge in [0, 0.05) is 31.7 Å². The second-order valence-corrected chi connectivity index (χ2v) is 6.76. The Balaban J connectivity index is 1.90. The lowest BCUT2D eigenvalue weighted by Gasteiger charge is -2.39. The van der Waals surface area contributed by atoms with E-state index in [0.29, 0.717) is 25.2 Å². The van der Waals surface area contributed by atoms with Crippen molar-refractivity contribution in [2.24, 2.45) is 5.41 Å². The number of hydrogen-bond acceptors (Lipinski definition) is 3. The lowest BCUT2D eigenvalue weighted by atomic mass is 9.80. The van der Waals surface area contributed by atoms with Gasteiger partial charge in [-0.15, -0.1) is 0 Å². The van der Waals surface area contributed by atoms with Crippen molar-refractivity contribution in [1.82, 2.24) is 15.5 Å². The summed E-state index contributed by atoms with van der Waals surface area (Å²) in [5.74, 6) is 0.0605. The van der Waals surface area contributed by atoms with Crippen LogP contribution >= 0.6 is 0 Å². The number of rotatable bonds is 7. The second-order valence-electron chi connectivity index (χ2n) is 6.76. The molecule has 0 bridgehead atoms. The Bertz CT molecular complexity index is 547. The van der Waals surface area contributed by atoms with Crippen LogP contribution in [0, 0.1) is 5.41 Å². The standard InChI is InChI=1S/C19H29N3O2/c1-3-11-20-12-13-21-18(24)19(2)10-7-14-22(15-19)17(23)16-8-5-4-6-9-16/h4-6,8-9,20H,3,7,10-15H2,1-2H3,(H,21,24). The molecule has 5 nitrogen and oxygen atoms in total. The van der Waals surface area contributed by atoms with Crippen LogP contribution in [0.2, 0.25) is 0 Å². The molecule has 0 aromatic heterocycles. The molecule has 0 aliphatic carbocycles. The number of amides is 2. The van der Waals surface area contributed by atoms with Gasteiger partial charge in [0.15, 0.2) is 0 Å². The first-order valence-corrected chi connectivity index (χ1v) is 8.90. The highest BCUT2D eigenvalue weighted by molar-refractivity contribution is 5.95. The van der Waals surface area contributed by atoms with Gasteiger partial charge in [-0.05, 0) is 44.9 Å². The van der Waals surface area contributed by atoms with Crippen molar-refractivity contribution in [3.8, 4) is 0 Å². The topological polar surface area (TPSA) is 61.4 Å². The van der Waals surface area contributed by atoms with Gasteiger partial charge in [-0.3, -0.25) is 9.59 Å². The maximum absolute atomic E-state index is 12.6. The molecular weight excluding hydrogens is 302 g/mol. The number of nitrogens with zero attached hydrogens (tertiary/aromatic N) is 1. The fraction of sp³-hybridized carbons (Fsp3) is 0.579. The molecule has 5 heteroatoms. The van der Waals surface area contributed by atoms with Crippen molar-refractivity contribution in [1.29, 1.82) is 0 Å². The molecule has 1 heterocycles. The predicted molar refractivity (Wildman–Crippen MR) is 95.9 cm³/mol. The quantitative estimate of drug-likeness (QED) is 0.752. The van der Waals surface area contributed by atoms with E-state index in [0.717, 1.165) is 32.4 Å². The molecule has 24 heavy (non-hydrogen) atoms. The van der Waals surface area contributed by atoms with Crippen LogP contribution < -0.4 is 10.6 Å². The first kappa shape index (κ1) is 18.5. The summed E-state index contributed by atoms with van der Waals surface area (Å²) in [6, 6.07) is 9.29. The molecule has 2 N–H and O–H groups in total. The third-order valence-electron chi connectivity index (χ3n) is 4.57. The Hall–Kier alpha value is -1.88. The number of hydrogen-bond donors (Lipinski definition) is 2. The summed E-state index contributed by atoms with van der Waals surface area (Å²) in [6.45, 7) is 7.65. The van der Waals surface area contributed by atoms with Crippen LogP contribution in [0.15, 0.2) is 30.3 Å². The van der Waals surface area contributed by atoms with E-state index in [2.05, 4.69) is 17.6 Å². The number of likely N-dealkylation sites (tertiary alicyclic amines) is 1. The van der Waals surface area contributed by atoms with Gasteiger partial charge in [0.25, 0.3) is 5.91 Å². The summed E-state index contributed by atoms with van der Waals surface area (Å²) in [6.07, 6.45) is 2.76. The molecule has 1 aromatic carbocycles. The smallest absolute Gasteiger partial charge is 0.253 e. The molecule has 1 fully saturated rings. The molecule has 1 saturated heterocycles. The second kappa shape index (κ2) is 8.83. The van der Waals surface area contributed by atoms with E-state index >= 15 is 0 Å². The number of carbonyl (C=O) groups is 2. The predicted octanol–water partition coefficient (Wildman–Crippen LogP) is 2.04. The Labute approximate surface area is 144 Å². The summed E-state index contributed by atoms with van der Waals surface area (Å²) >= 11 is 0. The molecule has 2 rings (SSSR count). The van der Waals surface area contributed by atoms with Crippen molar-refractivity contribution in [2.75, 3.05) is 32.7 Å². The minimum absolute atomic E-state index is 0.0129. The summed E-state index contributed by atoms with van der Waals surface area (Å²) in [5.41, 5.74) is 0.180. The zero-order valence-electron chi connectivity index (χ0n) is 14.8. The molecule has 1 atom stereocenters. The van der Waals surface area contributed by atoms with Crippen LogP contribution in [-0.2, 0) is 4.79 Å². The SMILES string of the molecule is CCCNCCNC(=O)C1(C)CCCN(C(=O)c2ccccc2)C1. The van der Waals surface area contributed by atoms with Gasteiger partial charge in [0.05, 0.1) is 5.41 Å². The van der Waals surface area contributed by atoms with Gasteiger partial charge in [-0.1, -0.05) is 25.1 Å². The zero-order valence-corrected chi connectivity index (χ0v) is 14.8. The summed E-state index contributed by atoms with van der Waals surface area (Å²) in [5, 5.41) is 6.29. The molecule has 1 aliphatic heterocycles. The first-order valence-electron chi connectivity index (χ1n) is 8.90. The van der Waals surface area contributed by atoms with Crippen LogP contribution in [0.4, 0.5) is 0 Å². The van der Waals surface area contributed by atoms with E-state index in [-0.39, 0.29) is 11.8 Å². The van der Waals surface area contributed by atoms with Crippen molar-refractivity contribution in [3.05, 3.63) is 35.9 Å². The minimum Gasteiger partial charge on any atom is -0.354 e. The van der Waals surface area contributed by atoms with E-state index < -0.39 is 5.41 Å². The highest BCUT2D eigenvalue weighted by Gasteiger charge is 2.39. The van der Waals surface area contributed by atoms with E-state index in [1.54, 1.807) is 0 Å². The third-order valence-corrected chi connectivity index (χ3v) is 4.57. The van der Waals surface area contributed by atoms with Crippen molar-refractivity contribution >= 4 is 11.8 Å². The fourth-order valence-electron chi connectivity index (χ4n) is 3.14. The summed E-state index contributed by atoms with van der Waals surface area (Å²) in [4.78, 5) is 27.0. The van der Waals surface area contributed by atoms with Crippen LogP contribution in [0.1, 0.15) is 43.5 Å². The monoisotopic (exact) mass is 331 g/mol. The van der Waals surface area contributed by atoms with Gasteiger partial charge in [-0.2, -0.15) is 0 Å². The van der Waals surface area contributed by atoms with Gasteiger partial charge < -0.3 is 15.5 Å². The average Bonchev–Trinajstić information content (AvgIpc) is 2.61. The molecule has 0 saturated carbocycles. The fourth-order valence-corrected chi connectivity index (χ4v) is 3.14. The lowest BCUT2D eigenvalue weighted by molar-refractivity contribution is -0.132. The Morgan fingerprint density at radius 2 is 1.92 bits per heavy atom. The van der Waals surface area contributed by atoms with Crippen molar-refractivity contribution < 1.29 is 9.59 Å². The molecule has 132 valence electrons. The first-order chi connectivity index (χ1) is 11.6. The molecular formula is C19H29N3O2. The molecule has 0 spiro atoms. The van der Waals surface area contributed by atoms with Gasteiger partial charge >= 0.3 is 0 Å². The molecule has 1 aliphatic rings. The number of nitrogens with one attached hydrogen (secondary N) is 2. The van der Waals surface area contributed by atoms with E-state index in [1.807, 2.05) is 42.2 Å². The zero-order chi connectivity index (χ0) is 17.4. The number of carbonyl (C=O) groups excluding carboxylic acids is 2. The number of benzene rings is 1. The lowest BCUT2D eigenvalue weighted by Crippen LogP contribution is -2.52. The normalized spacial score (nSPS) is 20.7. The summed E-state index contributed by atoms with van der Waals surface area (Å²) in [7, 11) is 0. The van der Waals surface area contributed by atoms with Crippen LogP contribution in [-0.4, -0.2) is 49.4 Å².